The molecule has 1 N–H and O–H groups in total. The number of pyridine rings is 1. The highest BCUT2D eigenvalue weighted by Crippen LogP contribution is 2.30. The number of anilines is 1. The highest BCUT2D eigenvalue weighted by Gasteiger charge is 2.39. The van der Waals surface area contributed by atoms with Gasteiger partial charge in [0.25, 0.3) is 0 Å². The van der Waals surface area contributed by atoms with Gasteiger partial charge in [-0.05, 0) is 23.8 Å². The summed E-state index contributed by atoms with van der Waals surface area (Å²) in [5, 5.41) is 2.24. The van der Waals surface area contributed by atoms with E-state index in [1.54, 1.807) is 29.6 Å². The number of rotatable bonds is 2. The average molecular weight is 301 g/mol. The van der Waals surface area contributed by atoms with E-state index >= 15 is 0 Å². The Balaban J connectivity index is 2.39. The normalized spacial score (nSPS) is 11.2. The smallest absolute Gasteiger partial charge is 0.316 e. The lowest BCUT2D eigenvalue weighted by molar-refractivity contribution is -0.167. The van der Waals surface area contributed by atoms with Gasteiger partial charge >= 0.3 is 12.1 Å². The maximum atomic E-state index is 12.3. The van der Waals surface area contributed by atoms with E-state index in [-0.39, 0.29) is 5.69 Å². The van der Waals surface area contributed by atoms with Crippen molar-refractivity contribution < 1.29 is 18.0 Å². The average Bonchev–Trinajstić information content (AvgIpc) is 2.38. The van der Waals surface area contributed by atoms with Gasteiger partial charge in [-0.3, -0.25) is 9.78 Å². The Labute approximate surface area is 117 Å². The number of hydrogen-bond acceptors (Lipinski definition) is 2. The summed E-state index contributed by atoms with van der Waals surface area (Å²) >= 11 is 5.84. The molecule has 0 saturated carbocycles. The fourth-order valence-corrected chi connectivity index (χ4v) is 1.79. The Morgan fingerprint density at radius 2 is 2.00 bits per heavy atom. The number of hydrogen-bond donors (Lipinski definition) is 1. The predicted octanol–water partition coefficient (Wildman–Crippen LogP) is 3.90. The van der Waals surface area contributed by atoms with Gasteiger partial charge in [0.05, 0.1) is 11.9 Å². The van der Waals surface area contributed by atoms with Crippen LogP contribution in [0.5, 0.6) is 0 Å². The van der Waals surface area contributed by atoms with Gasteiger partial charge in [0.2, 0.25) is 0 Å². The Morgan fingerprint density at radius 3 is 2.65 bits per heavy atom. The van der Waals surface area contributed by atoms with E-state index < -0.39 is 12.1 Å². The van der Waals surface area contributed by atoms with E-state index in [4.69, 9.17) is 11.6 Å². The second kappa shape index (κ2) is 5.50. The standard InChI is InChI=1S/C13H8ClF3N2O/c14-9-3-1-2-8(6-9)10-4-5-18-7-11(10)19-12(20)13(15,16)17/h1-7H,(H,19,20). The molecule has 1 heterocycles. The molecule has 1 aromatic carbocycles. The third-order valence-corrected chi connectivity index (χ3v) is 2.70. The van der Waals surface area contributed by atoms with Gasteiger partial charge in [-0.2, -0.15) is 13.2 Å². The lowest BCUT2D eigenvalue weighted by Gasteiger charge is -2.12. The maximum absolute atomic E-state index is 12.3. The molecule has 1 amide bonds. The van der Waals surface area contributed by atoms with E-state index in [1.165, 1.54) is 12.3 Å². The zero-order valence-corrected chi connectivity index (χ0v) is 10.7. The SMILES string of the molecule is O=C(Nc1cnccc1-c1cccc(Cl)c1)C(F)(F)F. The Hall–Kier alpha value is -2.08. The number of alkyl halides is 3. The number of carbonyl (C=O) groups is 1. The number of nitrogens with one attached hydrogen (secondary N) is 1. The van der Waals surface area contributed by atoms with Crippen LogP contribution in [0.2, 0.25) is 5.02 Å². The molecule has 0 aliphatic carbocycles. The van der Waals surface area contributed by atoms with Crippen molar-refractivity contribution in [3.63, 3.8) is 0 Å². The van der Waals surface area contributed by atoms with Crippen molar-refractivity contribution in [1.29, 1.82) is 0 Å². The van der Waals surface area contributed by atoms with E-state index in [0.717, 1.165) is 6.20 Å². The molecule has 0 spiro atoms. The molecule has 0 aliphatic heterocycles. The first-order valence-electron chi connectivity index (χ1n) is 5.46. The van der Waals surface area contributed by atoms with Crippen molar-refractivity contribution >= 4 is 23.2 Å². The van der Waals surface area contributed by atoms with Crippen molar-refractivity contribution in [3.05, 3.63) is 47.7 Å². The van der Waals surface area contributed by atoms with E-state index in [1.807, 2.05) is 0 Å². The van der Waals surface area contributed by atoms with Crippen LogP contribution in [-0.4, -0.2) is 17.1 Å². The van der Waals surface area contributed by atoms with Gasteiger partial charge < -0.3 is 5.32 Å². The number of carbonyl (C=O) groups excluding carboxylic acids is 1. The summed E-state index contributed by atoms with van der Waals surface area (Å²) in [7, 11) is 0. The number of amides is 1. The van der Waals surface area contributed by atoms with Crippen LogP contribution < -0.4 is 5.32 Å². The van der Waals surface area contributed by atoms with Crippen LogP contribution in [0, 0.1) is 0 Å². The van der Waals surface area contributed by atoms with Crippen LogP contribution >= 0.6 is 11.6 Å². The van der Waals surface area contributed by atoms with Crippen LogP contribution in [-0.2, 0) is 4.79 Å². The molecule has 0 fully saturated rings. The molecule has 0 aliphatic rings. The monoisotopic (exact) mass is 300 g/mol. The zero-order chi connectivity index (χ0) is 14.8. The molecule has 2 rings (SSSR count). The van der Waals surface area contributed by atoms with E-state index in [9.17, 15) is 18.0 Å². The Bertz CT molecular complexity index is 644. The first-order valence-corrected chi connectivity index (χ1v) is 5.84. The minimum absolute atomic E-state index is 0.0305. The molecular formula is C13H8ClF3N2O. The molecule has 1 aromatic heterocycles. The largest absolute Gasteiger partial charge is 0.471 e. The van der Waals surface area contributed by atoms with Crippen LogP contribution in [0.25, 0.3) is 11.1 Å². The summed E-state index contributed by atoms with van der Waals surface area (Å²) < 4.78 is 36.8. The first kappa shape index (κ1) is 14.3. The summed E-state index contributed by atoms with van der Waals surface area (Å²) in [6.07, 6.45) is -2.39. The number of nitrogens with zero attached hydrogens (tertiary/aromatic N) is 1. The molecule has 3 nitrogen and oxygen atoms in total. The zero-order valence-electron chi connectivity index (χ0n) is 9.91. The second-order valence-electron chi connectivity index (χ2n) is 3.88. The second-order valence-corrected chi connectivity index (χ2v) is 4.32. The molecule has 0 saturated heterocycles. The number of halogens is 4. The lowest BCUT2D eigenvalue weighted by atomic mass is 10.1. The summed E-state index contributed by atoms with van der Waals surface area (Å²) in [5.74, 6) is -2.05. The Kier molecular flexibility index (Phi) is 3.94. The van der Waals surface area contributed by atoms with Crippen LogP contribution in [0.15, 0.2) is 42.7 Å². The fraction of sp³-hybridized carbons (Fsp3) is 0.0769. The first-order chi connectivity index (χ1) is 9.38. The van der Waals surface area contributed by atoms with Crippen molar-refractivity contribution in [2.45, 2.75) is 6.18 Å². The molecule has 0 radical (unpaired) electrons. The van der Waals surface area contributed by atoms with E-state index in [0.29, 0.717) is 16.1 Å². The third kappa shape index (κ3) is 3.27. The molecule has 20 heavy (non-hydrogen) atoms. The van der Waals surface area contributed by atoms with Crippen LogP contribution in [0.1, 0.15) is 0 Å². The van der Waals surface area contributed by atoms with Gasteiger partial charge in [-0.25, -0.2) is 0 Å². The molecule has 2 aromatic rings. The van der Waals surface area contributed by atoms with Gasteiger partial charge in [0.1, 0.15) is 0 Å². The fourth-order valence-electron chi connectivity index (χ4n) is 1.59. The third-order valence-electron chi connectivity index (χ3n) is 2.46. The molecule has 0 atom stereocenters. The highest BCUT2D eigenvalue weighted by atomic mass is 35.5. The molecular weight excluding hydrogens is 293 g/mol. The quantitative estimate of drug-likeness (QED) is 0.914. The highest BCUT2D eigenvalue weighted by molar-refractivity contribution is 6.30. The van der Waals surface area contributed by atoms with Crippen LogP contribution in [0.3, 0.4) is 0 Å². The van der Waals surface area contributed by atoms with Crippen molar-refractivity contribution in [3.8, 4) is 11.1 Å². The summed E-state index contributed by atoms with van der Waals surface area (Å²) in [4.78, 5) is 14.7. The minimum atomic E-state index is -4.96. The van der Waals surface area contributed by atoms with Gasteiger partial charge in [0, 0.05) is 16.8 Å². The van der Waals surface area contributed by atoms with Crippen molar-refractivity contribution in [1.82, 2.24) is 4.98 Å². The topological polar surface area (TPSA) is 42.0 Å². The number of aromatic nitrogens is 1. The summed E-state index contributed by atoms with van der Waals surface area (Å²) in [6, 6.07) is 8.05. The Morgan fingerprint density at radius 1 is 1.25 bits per heavy atom. The van der Waals surface area contributed by atoms with E-state index in [2.05, 4.69) is 4.98 Å². The maximum Gasteiger partial charge on any atom is 0.471 e. The van der Waals surface area contributed by atoms with Gasteiger partial charge in [-0.15, -0.1) is 0 Å². The molecule has 104 valence electrons. The lowest BCUT2D eigenvalue weighted by Crippen LogP contribution is -2.30. The summed E-state index contributed by atoms with van der Waals surface area (Å²) in [6.45, 7) is 0. The molecule has 0 unspecified atom stereocenters. The van der Waals surface area contributed by atoms with Crippen molar-refractivity contribution in [2.24, 2.45) is 0 Å². The number of benzene rings is 1. The van der Waals surface area contributed by atoms with Crippen molar-refractivity contribution in [2.75, 3.05) is 5.32 Å². The minimum Gasteiger partial charge on any atom is -0.316 e. The van der Waals surface area contributed by atoms with Gasteiger partial charge in [0.15, 0.2) is 0 Å². The van der Waals surface area contributed by atoms with Gasteiger partial charge in [-0.1, -0.05) is 23.7 Å². The molecule has 0 bridgehead atoms. The summed E-state index contributed by atoms with van der Waals surface area (Å²) in [5.41, 5.74) is 0.953. The molecule has 7 heteroatoms. The van der Waals surface area contributed by atoms with Crippen LogP contribution in [0.4, 0.5) is 18.9 Å². The predicted molar refractivity (Wildman–Crippen MR) is 69.4 cm³/mol.